The number of hydrogen-bond donors (Lipinski definition) is 1. The van der Waals surface area contributed by atoms with Crippen molar-refractivity contribution in [1.82, 2.24) is 0 Å². The molecule has 23 heavy (non-hydrogen) atoms. The lowest BCUT2D eigenvalue weighted by Crippen LogP contribution is -2.29. The van der Waals surface area contributed by atoms with E-state index in [0.29, 0.717) is 11.8 Å². The Morgan fingerprint density at radius 1 is 1.17 bits per heavy atom. The summed E-state index contributed by atoms with van der Waals surface area (Å²) >= 11 is 9.80. The maximum Gasteiger partial charge on any atom is 0.124 e. The summed E-state index contributed by atoms with van der Waals surface area (Å²) in [5.74, 6) is 1.80. The van der Waals surface area contributed by atoms with E-state index in [-0.39, 0.29) is 6.04 Å². The molecule has 1 aliphatic heterocycles. The Bertz CT molecular complexity index is 789. The van der Waals surface area contributed by atoms with Crippen LogP contribution in [-0.4, -0.2) is 7.11 Å². The summed E-state index contributed by atoms with van der Waals surface area (Å²) in [4.78, 5) is 0. The van der Waals surface area contributed by atoms with Crippen LogP contribution in [0.2, 0.25) is 5.02 Å². The van der Waals surface area contributed by atoms with Crippen molar-refractivity contribution in [1.29, 1.82) is 0 Å². The smallest absolute Gasteiger partial charge is 0.124 e. The molecule has 0 saturated heterocycles. The molecule has 118 valence electrons. The van der Waals surface area contributed by atoms with E-state index in [1.165, 1.54) is 11.1 Å². The highest BCUT2D eigenvalue weighted by Gasteiger charge is 2.39. The molecular weight excluding hydrogens is 374 g/mol. The number of allylic oxidation sites excluding steroid dienone is 2. The molecule has 0 fully saturated rings. The fourth-order valence-corrected chi connectivity index (χ4v) is 4.38. The largest absolute Gasteiger partial charge is 0.496 e. The fraction of sp³-hybridized carbons (Fsp3) is 0.263. The van der Waals surface area contributed by atoms with Crippen molar-refractivity contribution < 1.29 is 4.74 Å². The molecule has 1 aliphatic carbocycles. The van der Waals surface area contributed by atoms with Gasteiger partial charge in [0.25, 0.3) is 0 Å². The minimum absolute atomic E-state index is 0.219. The molecule has 0 radical (unpaired) electrons. The molecule has 0 spiro atoms. The van der Waals surface area contributed by atoms with Crippen LogP contribution < -0.4 is 10.1 Å². The molecule has 1 heterocycles. The lowest BCUT2D eigenvalue weighted by Gasteiger charge is -2.38. The molecule has 0 amide bonds. The Balaban J connectivity index is 1.82. The van der Waals surface area contributed by atoms with E-state index in [1.54, 1.807) is 7.11 Å². The van der Waals surface area contributed by atoms with Crippen LogP contribution in [0, 0.1) is 5.92 Å². The topological polar surface area (TPSA) is 21.3 Å². The van der Waals surface area contributed by atoms with Crippen molar-refractivity contribution >= 4 is 33.2 Å². The first-order chi connectivity index (χ1) is 11.2. The Morgan fingerprint density at radius 3 is 2.87 bits per heavy atom. The average molecular weight is 391 g/mol. The van der Waals surface area contributed by atoms with Crippen LogP contribution >= 0.6 is 27.5 Å². The normalized spacial score (nSPS) is 24.7. The van der Waals surface area contributed by atoms with Crippen molar-refractivity contribution in [2.24, 2.45) is 5.92 Å². The summed E-state index contributed by atoms with van der Waals surface area (Å²) in [6.07, 6.45) is 5.66. The van der Waals surface area contributed by atoms with Gasteiger partial charge in [0, 0.05) is 26.7 Å². The van der Waals surface area contributed by atoms with E-state index in [0.717, 1.165) is 27.4 Å². The molecule has 2 nitrogen and oxygen atoms in total. The molecule has 2 aromatic carbocycles. The molecule has 2 aromatic rings. The monoisotopic (exact) mass is 389 g/mol. The summed E-state index contributed by atoms with van der Waals surface area (Å²) in [6.45, 7) is 0. The summed E-state index contributed by atoms with van der Waals surface area (Å²) in [5, 5.41) is 4.51. The molecule has 3 atom stereocenters. The summed E-state index contributed by atoms with van der Waals surface area (Å²) in [7, 11) is 1.73. The number of hydrogen-bond acceptors (Lipinski definition) is 2. The number of anilines is 1. The van der Waals surface area contributed by atoms with Gasteiger partial charge in [-0.25, -0.2) is 0 Å². The predicted octanol–water partition coefficient (Wildman–Crippen LogP) is 5.94. The predicted molar refractivity (Wildman–Crippen MR) is 98.5 cm³/mol. The second-order valence-corrected chi connectivity index (χ2v) is 7.45. The number of methoxy groups -OCH3 is 1. The number of benzene rings is 2. The van der Waals surface area contributed by atoms with Gasteiger partial charge in [-0.15, -0.1) is 0 Å². The van der Waals surface area contributed by atoms with Gasteiger partial charge in [-0.05, 0) is 54.3 Å². The zero-order valence-corrected chi connectivity index (χ0v) is 15.1. The highest BCUT2D eigenvalue weighted by atomic mass is 79.9. The minimum Gasteiger partial charge on any atom is -0.496 e. The number of fused-ring (bicyclic) bond motifs is 3. The number of rotatable bonds is 2. The van der Waals surface area contributed by atoms with E-state index in [2.05, 4.69) is 51.6 Å². The van der Waals surface area contributed by atoms with E-state index in [4.69, 9.17) is 16.3 Å². The van der Waals surface area contributed by atoms with Crippen molar-refractivity contribution in [2.45, 2.75) is 18.4 Å². The van der Waals surface area contributed by atoms with Crippen LogP contribution in [0.15, 0.2) is 53.0 Å². The lowest BCUT2D eigenvalue weighted by atomic mass is 9.77. The number of nitrogens with one attached hydrogen (secondary N) is 1. The minimum atomic E-state index is 0.219. The number of halogens is 2. The van der Waals surface area contributed by atoms with Gasteiger partial charge in [-0.1, -0.05) is 39.7 Å². The molecule has 2 aliphatic rings. The zero-order valence-electron chi connectivity index (χ0n) is 12.7. The van der Waals surface area contributed by atoms with Gasteiger partial charge >= 0.3 is 0 Å². The van der Waals surface area contributed by atoms with Gasteiger partial charge in [-0.2, -0.15) is 0 Å². The van der Waals surface area contributed by atoms with E-state index in [1.807, 2.05) is 18.2 Å². The first-order valence-corrected chi connectivity index (χ1v) is 8.90. The SMILES string of the molecule is COc1ccc(Br)cc1[C@H]1Nc2ccc(Cl)cc2C2C=CCC21. The Labute approximate surface area is 149 Å². The van der Waals surface area contributed by atoms with E-state index >= 15 is 0 Å². The van der Waals surface area contributed by atoms with Crippen molar-refractivity contribution in [2.75, 3.05) is 12.4 Å². The van der Waals surface area contributed by atoms with E-state index < -0.39 is 0 Å². The maximum absolute atomic E-state index is 6.21. The van der Waals surface area contributed by atoms with Gasteiger partial charge in [0.15, 0.2) is 0 Å². The molecular formula is C19H17BrClNO. The van der Waals surface area contributed by atoms with Crippen molar-refractivity contribution in [3.05, 3.63) is 69.2 Å². The first kappa shape index (κ1) is 15.1. The molecule has 1 N–H and O–H groups in total. The van der Waals surface area contributed by atoms with Crippen LogP contribution in [0.5, 0.6) is 5.75 Å². The van der Waals surface area contributed by atoms with Crippen LogP contribution in [0.25, 0.3) is 0 Å². The van der Waals surface area contributed by atoms with Crippen LogP contribution in [0.3, 0.4) is 0 Å². The molecule has 2 unspecified atom stereocenters. The lowest BCUT2D eigenvalue weighted by molar-refractivity contribution is 0.381. The van der Waals surface area contributed by atoms with E-state index in [9.17, 15) is 0 Å². The maximum atomic E-state index is 6.21. The number of ether oxygens (including phenoxy) is 1. The van der Waals surface area contributed by atoms with Gasteiger partial charge < -0.3 is 10.1 Å². The zero-order chi connectivity index (χ0) is 16.0. The molecule has 4 heteroatoms. The molecule has 0 bridgehead atoms. The van der Waals surface area contributed by atoms with Gasteiger partial charge in [0.05, 0.1) is 13.2 Å². The third-order valence-electron chi connectivity index (χ3n) is 4.85. The van der Waals surface area contributed by atoms with Crippen molar-refractivity contribution in [3.63, 3.8) is 0 Å². The Kier molecular flexibility index (Phi) is 3.86. The summed E-state index contributed by atoms with van der Waals surface area (Å²) < 4.78 is 6.68. The van der Waals surface area contributed by atoms with Gasteiger partial charge in [-0.3, -0.25) is 0 Å². The first-order valence-electron chi connectivity index (χ1n) is 7.73. The van der Waals surface area contributed by atoms with Gasteiger partial charge in [0.1, 0.15) is 5.75 Å². The highest BCUT2D eigenvalue weighted by molar-refractivity contribution is 9.10. The van der Waals surface area contributed by atoms with Gasteiger partial charge in [0.2, 0.25) is 0 Å². The summed E-state index contributed by atoms with van der Waals surface area (Å²) in [5.41, 5.74) is 3.65. The third kappa shape index (κ3) is 2.56. The van der Waals surface area contributed by atoms with Crippen LogP contribution in [-0.2, 0) is 0 Å². The molecule has 4 rings (SSSR count). The highest BCUT2D eigenvalue weighted by Crippen LogP contribution is 2.51. The summed E-state index contributed by atoms with van der Waals surface area (Å²) in [6, 6.07) is 12.5. The van der Waals surface area contributed by atoms with Crippen LogP contribution in [0.1, 0.15) is 29.5 Å². The molecule has 0 aromatic heterocycles. The Hall–Kier alpha value is -1.45. The second kappa shape index (κ2) is 5.88. The quantitative estimate of drug-likeness (QED) is 0.641. The second-order valence-electron chi connectivity index (χ2n) is 6.09. The average Bonchev–Trinajstić information content (AvgIpc) is 3.04. The molecule has 0 saturated carbocycles. The van der Waals surface area contributed by atoms with Crippen LogP contribution in [0.4, 0.5) is 5.69 Å². The van der Waals surface area contributed by atoms with Crippen molar-refractivity contribution in [3.8, 4) is 5.75 Å². The Morgan fingerprint density at radius 2 is 2.04 bits per heavy atom. The standard InChI is InChI=1S/C19H17BrClNO/c1-23-18-8-5-11(20)9-16(18)19-14-4-2-3-13(14)15-10-12(21)6-7-17(15)22-19/h2-3,5-10,13-14,19,22H,4H2,1H3/t13?,14?,19-/m0/s1. The third-order valence-corrected chi connectivity index (χ3v) is 5.58. The fourth-order valence-electron chi connectivity index (χ4n) is 3.82.